The molecule has 0 bridgehead atoms. The Balaban J connectivity index is 2.72. The topological polar surface area (TPSA) is 0 Å². The molecular weight excluding hydrogens is 180 g/mol. The van der Waals surface area contributed by atoms with Crippen molar-refractivity contribution in [3.8, 4) is 11.8 Å². The van der Waals surface area contributed by atoms with Crippen molar-refractivity contribution in [3.05, 3.63) is 34.9 Å². The Labute approximate surface area is 93.7 Å². The van der Waals surface area contributed by atoms with E-state index in [1.807, 2.05) is 0 Å². The van der Waals surface area contributed by atoms with E-state index in [1.54, 1.807) is 0 Å². The average molecular weight is 200 g/mol. The third kappa shape index (κ3) is 3.80. The zero-order chi connectivity index (χ0) is 11.3. The molecule has 0 saturated heterocycles. The van der Waals surface area contributed by atoms with E-state index in [2.05, 4.69) is 57.7 Å². The van der Waals surface area contributed by atoms with Gasteiger partial charge in [0.25, 0.3) is 0 Å². The van der Waals surface area contributed by atoms with Crippen molar-refractivity contribution in [3.63, 3.8) is 0 Å². The summed E-state index contributed by atoms with van der Waals surface area (Å²) in [4.78, 5) is 0. The highest BCUT2D eigenvalue weighted by molar-refractivity contribution is 5.31. The fraction of sp³-hybridized carbons (Fsp3) is 0.467. The second kappa shape index (κ2) is 5.61. The summed E-state index contributed by atoms with van der Waals surface area (Å²) in [6.45, 7) is 8.61. The lowest BCUT2D eigenvalue weighted by atomic mass is 9.96. The molecule has 1 unspecified atom stereocenters. The van der Waals surface area contributed by atoms with Gasteiger partial charge in [0.1, 0.15) is 0 Å². The maximum absolute atomic E-state index is 3.27. The van der Waals surface area contributed by atoms with Crippen LogP contribution in [0.2, 0.25) is 0 Å². The van der Waals surface area contributed by atoms with E-state index in [4.69, 9.17) is 0 Å². The van der Waals surface area contributed by atoms with Gasteiger partial charge in [-0.15, -0.1) is 5.92 Å². The van der Waals surface area contributed by atoms with E-state index in [1.165, 1.54) is 16.7 Å². The molecule has 0 saturated carbocycles. The third-order valence-electron chi connectivity index (χ3n) is 2.55. The summed E-state index contributed by atoms with van der Waals surface area (Å²) in [7, 11) is 0. The van der Waals surface area contributed by atoms with Gasteiger partial charge in [-0.3, -0.25) is 0 Å². The Morgan fingerprint density at radius 2 is 2.00 bits per heavy atom. The molecule has 0 aliphatic heterocycles. The van der Waals surface area contributed by atoms with Crippen LogP contribution >= 0.6 is 0 Å². The van der Waals surface area contributed by atoms with Crippen LogP contribution < -0.4 is 0 Å². The van der Waals surface area contributed by atoms with Gasteiger partial charge in [0.15, 0.2) is 0 Å². The maximum atomic E-state index is 3.27. The van der Waals surface area contributed by atoms with Crippen LogP contribution in [-0.2, 0) is 6.42 Å². The Hall–Kier alpha value is -1.22. The third-order valence-corrected chi connectivity index (χ3v) is 2.55. The molecule has 80 valence electrons. The maximum Gasteiger partial charge on any atom is 0.0215 e. The minimum atomic E-state index is 0.464. The summed E-state index contributed by atoms with van der Waals surface area (Å²) in [6.07, 6.45) is 2.02. The quantitative estimate of drug-likeness (QED) is 0.635. The van der Waals surface area contributed by atoms with Crippen LogP contribution in [0.1, 0.15) is 37.0 Å². The Morgan fingerprint density at radius 1 is 1.27 bits per heavy atom. The van der Waals surface area contributed by atoms with Crippen LogP contribution in [-0.4, -0.2) is 0 Å². The van der Waals surface area contributed by atoms with E-state index in [0.29, 0.717) is 5.92 Å². The summed E-state index contributed by atoms with van der Waals surface area (Å²) < 4.78 is 0. The molecule has 0 N–H and O–H groups in total. The minimum Gasteiger partial charge on any atom is -0.103 e. The Kier molecular flexibility index (Phi) is 4.43. The number of aryl methyl sites for hydroxylation is 2. The van der Waals surface area contributed by atoms with Crippen LogP contribution in [0.15, 0.2) is 18.2 Å². The molecule has 0 fully saturated rings. The SMILES string of the molecule is CCC#CC(C)Cc1ccc(C)cc1C. The molecule has 1 atom stereocenters. The highest BCUT2D eigenvalue weighted by atomic mass is 14.1. The lowest BCUT2D eigenvalue weighted by molar-refractivity contribution is 0.745. The van der Waals surface area contributed by atoms with Crippen LogP contribution in [0, 0.1) is 31.6 Å². The van der Waals surface area contributed by atoms with Gasteiger partial charge in [-0.1, -0.05) is 43.5 Å². The molecule has 15 heavy (non-hydrogen) atoms. The molecule has 0 heteroatoms. The number of rotatable bonds is 2. The van der Waals surface area contributed by atoms with Crippen molar-refractivity contribution in [2.75, 3.05) is 0 Å². The molecule has 0 nitrogen and oxygen atoms in total. The van der Waals surface area contributed by atoms with E-state index in [9.17, 15) is 0 Å². The normalized spacial score (nSPS) is 11.7. The van der Waals surface area contributed by atoms with Gasteiger partial charge < -0.3 is 0 Å². The smallest absolute Gasteiger partial charge is 0.0215 e. The van der Waals surface area contributed by atoms with Gasteiger partial charge in [0, 0.05) is 12.3 Å². The summed E-state index contributed by atoms with van der Waals surface area (Å²) in [5.41, 5.74) is 4.15. The molecular formula is C15H20. The van der Waals surface area contributed by atoms with Crippen LogP contribution in [0.3, 0.4) is 0 Å². The molecule has 1 rings (SSSR count). The highest BCUT2D eigenvalue weighted by Gasteiger charge is 2.02. The first kappa shape index (κ1) is 11.9. The number of hydrogen-bond acceptors (Lipinski definition) is 0. The summed E-state index contributed by atoms with van der Waals surface area (Å²) in [6, 6.07) is 6.66. The Morgan fingerprint density at radius 3 is 2.60 bits per heavy atom. The molecule has 0 radical (unpaired) electrons. The largest absolute Gasteiger partial charge is 0.103 e. The lowest BCUT2D eigenvalue weighted by Gasteiger charge is -2.08. The fourth-order valence-corrected chi connectivity index (χ4v) is 1.73. The second-order valence-corrected chi connectivity index (χ2v) is 4.21. The zero-order valence-corrected chi connectivity index (χ0v) is 10.2. The summed E-state index contributed by atoms with van der Waals surface area (Å²) in [5.74, 6) is 6.89. The van der Waals surface area contributed by atoms with Crippen LogP contribution in [0.5, 0.6) is 0 Å². The van der Waals surface area contributed by atoms with E-state index < -0.39 is 0 Å². The lowest BCUT2D eigenvalue weighted by Crippen LogP contribution is -1.99. The number of benzene rings is 1. The van der Waals surface area contributed by atoms with Crippen LogP contribution in [0.4, 0.5) is 0 Å². The average Bonchev–Trinajstić information content (AvgIpc) is 2.19. The van der Waals surface area contributed by atoms with E-state index in [-0.39, 0.29) is 0 Å². The van der Waals surface area contributed by atoms with Crippen molar-refractivity contribution >= 4 is 0 Å². The van der Waals surface area contributed by atoms with Gasteiger partial charge in [0.05, 0.1) is 0 Å². The zero-order valence-electron chi connectivity index (χ0n) is 10.2. The molecule has 1 aromatic rings. The summed E-state index contributed by atoms with van der Waals surface area (Å²) in [5, 5.41) is 0. The predicted molar refractivity (Wildman–Crippen MR) is 66.9 cm³/mol. The molecule has 0 spiro atoms. The van der Waals surface area contributed by atoms with Crippen molar-refractivity contribution in [2.24, 2.45) is 5.92 Å². The molecule has 0 amide bonds. The fourth-order valence-electron chi connectivity index (χ4n) is 1.73. The van der Waals surface area contributed by atoms with Gasteiger partial charge in [-0.05, 0) is 31.4 Å². The van der Waals surface area contributed by atoms with Crippen molar-refractivity contribution < 1.29 is 0 Å². The van der Waals surface area contributed by atoms with Gasteiger partial charge in [0.2, 0.25) is 0 Å². The van der Waals surface area contributed by atoms with Gasteiger partial charge >= 0.3 is 0 Å². The molecule has 0 aromatic heterocycles. The van der Waals surface area contributed by atoms with Gasteiger partial charge in [-0.2, -0.15) is 0 Å². The molecule has 1 aromatic carbocycles. The van der Waals surface area contributed by atoms with E-state index in [0.717, 1.165) is 12.8 Å². The molecule has 0 aliphatic rings. The van der Waals surface area contributed by atoms with Gasteiger partial charge in [-0.25, -0.2) is 0 Å². The second-order valence-electron chi connectivity index (χ2n) is 4.21. The molecule has 0 aliphatic carbocycles. The number of hydrogen-bond donors (Lipinski definition) is 0. The molecule has 0 heterocycles. The van der Waals surface area contributed by atoms with E-state index >= 15 is 0 Å². The Bertz CT molecular complexity index is 377. The summed E-state index contributed by atoms with van der Waals surface area (Å²) >= 11 is 0. The predicted octanol–water partition coefficient (Wildman–Crippen LogP) is 3.90. The van der Waals surface area contributed by atoms with Crippen molar-refractivity contribution in [2.45, 2.75) is 40.5 Å². The first-order valence-electron chi connectivity index (χ1n) is 5.68. The monoisotopic (exact) mass is 200 g/mol. The van der Waals surface area contributed by atoms with Crippen molar-refractivity contribution in [1.82, 2.24) is 0 Å². The first-order chi connectivity index (χ1) is 7.13. The van der Waals surface area contributed by atoms with Crippen LogP contribution in [0.25, 0.3) is 0 Å². The van der Waals surface area contributed by atoms with Crippen molar-refractivity contribution in [1.29, 1.82) is 0 Å². The standard InChI is InChI=1S/C15H20/c1-5-6-7-12(2)11-15-9-8-13(3)10-14(15)4/h8-10,12H,5,11H2,1-4H3. The minimum absolute atomic E-state index is 0.464. The highest BCUT2D eigenvalue weighted by Crippen LogP contribution is 2.14. The first-order valence-corrected chi connectivity index (χ1v) is 5.68.